The Kier molecular flexibility index (Phi) is 4.27. The fourth-order valence-electron chi connectivity index (χ4n) is 3.30. The fourth-order valence-corrected chi connectivity index (χ4v) is 3.83. The van der Waals surface area contributed by atoms with Crippen LogP contribution in [0, 0.1) is 0 Å². The minimum Gasteiger partial charge on any atom is -0.454 e. The van der Waals surface area contributed by atoms with Gasteiger partial charge in [-0.3, -0.25) is 0 Å². The maximum absolute atomic E-state index is 6.30. The molecule has 0 spiro atoms. The van der Waals surface area contributed by atoms with E-state index in [9.17, 15) is 0 Å². The Labute approximate surface area is 170 Å². The van der Waals surface area contributed by atoms with Gasteiger partial charge in [-0.05, 0) is 24.6 Å². The van der Waals surface area contributed by atoms with Gasteiger partial charge in [0.25, 0.3) is 0 Å². The Morgan fingerprint density at radius 3 is 2.82 bits per heavy atom. The second-order valence-electron chi connectivity index (χ2n) is 6.55. The van der Waals surface area contributed by atoms with Crippen molar-refractivity contribution >= 4 is 21.6 Å². The quantitative estimate of drug-likeness (QED) is 0.642. The average Bonchev–Trinajstić information content (AvgIpc) is 3.08. The summed E-state index contributed by atoms with van der Waals surface area (Å²) in [6.07, 6.45) is 1.20. The lowest BCUT2D eigenvalue weighted by Gasteiger charge is -2.21. The highest BCUT2D eigenvalue weighted by molar-refractivity contribution is 9.10. The highest BCUT2D eigenvalue weighted by Crippen LogP contribution is 2.43. The molecule has 1 unspecified atom stereocenters. The zero-order valence-electron chi connectivity index (χ0n) is 15.1. The van der Waals surface area contributed by atoms with Crippen LogP contribution < -0.4 is 19.5 Å². The maximum atomic E-state index is 6.30. The van der Waals surface area contributed by atoms with E-state index in [0.717, 1.165) is 34.1 Å². The van der Waals surface area contributed by atoms with Crippen molar-refractivity contribution in [1.82, 2.24) is 15.2 Å². The van der Waals surface area contributed by atoms with E-state index in [2.05, 4.69) is 43.4 Å². The zero-order valence-corrected chi connectivity index (χ0v) is 16.7. The summed E-state index contributed by atoms with van der Waals surface area (Å²) in [5.74, 6) is 2.53. The van der Waals surface area contributed by atoms with E-state index < -0.39 is 6.23 Å². The van der Waals surface area contributed by atoms with Gasteiger partial charge in [-0.15, -0.1) is 10.2 Å². The summed E-state index contributed by atoms with van der Waals surface area (Å²) in [7, 11) is 0. The van der Waals surface area contributed by atoms with Gasteiger partial charge in [-0.2, -0.15) is 4.98 Å². The van der Waals surface area contributed by atoms with Crippen molar-refractivity contribution in [3.05, 3.63) is 52.3 Å². The molecule has 0 aliphatic carbocycles. The summed E-state index contributed by atoms with van der Waals surface area (Å²) in [4.78, 5) is 4.63. The van der Waals surface area contributed by atoms with Crippen molar-refractivity contribution in [3.8, 4) is 28.6 Å². The fraction of sp³-hybridized carbons (Fsp3) is 0.250. The Balaban J connectivity index is 1.63. The Morgan fingerprint density at radius 2 is 1.96 bits per heavy atom. The molecular formula is C20H17BrN4O3. The number of hydrogen-bond acceptors (Lipinski definition) is 7. The SMILES string of the molecule is CCCc1nnc2c(n1)OC(c1cc3c(cc1Br)OCO3)Nc1ccccc1-2. The molecule has 3 heterocycles. The highest BCUT2D eigenvalue weighted by atomic mass is 79.9. The number of rotatable bonds is 3. The minimum atomic E-state index is -0.488. The molecule has 2 aromatic carbocycles. The third-order valence-electron chi connectivity index (χ3n) is 4.64. The molecule has 5 rings (SSSR count). The Morgan fingerprint density at radius 1 is 1.14 bits per heavy atom. The monoisotopic (exact) mass is 440 g/mol. The molecule has 2 aliphatic heterocycles. The summed E-state index contributed by atoms with van der Waals surface area (Å²) < 4.78 is 18.2. The van der Waals surface area contributed by atoms with E-state index >= 15 is 0 Å². The van der Waals surface area contributed by atoms with Gasteiger partial charge in [0.2, 0.25) is 12.7 Å². The molecule has 1 atom stereocenters. The first-order valence-corrected chi connectivity index (χ1v) is 9.87. The second-order valence-corrected chi connectivity index (χ2v) is 7.40. The Bertz CT molecular complexity index is 1060. The summed E-state index contributed by atoms with van der Waals surface area (Å²) in [5, 5.41) is 12.1. The lowest BCUT2D eigenvalue weighted by Crippen LogP contribution is -2.18. The number of hydrogen-bond donors (Lipinski definition) is 1. The van der Waals surface area contributed by atoms with Crippen LogP contribution in [0.3, 0.4) is 0 Å². The zero-order chi connectivity index (χ0) is 19.1. The van der Waals surface area contributed by atoms with Crippen molar-refractivity contribution < 1.29 is 14.2 Å². The maximum Gasteiger partial charge on any atom is 0.246 e. The van der Waals surface area contributed by atoms with Crippen molar-refractivity contribution in [2.24, 2.45) is 0 Å². The summed E-state index contributed by atoms with van der Waals surface area (Å²) >= 11 is 3.63. The molecule has 8 heteroatoms. The molecule has 3 aromatic rings. The van der Waals surface area contributed by atoms with E-state index in [0.29, 0.717) is 28.9 Å². The van der Waals surface area contributed by atoms with E-state index in [1.165, 1.54) is 0 Å². The van der Waals surface area contributed by atoms with Gasteiger partial charge in [0, 0.05) is 27.7 Å². The van der Waals surface area contributed by atoms with Gasteiger partial charge in [-0.1, -0.05) is 41.1 Å². The van der Waals surface area contributed by atoms with E-state index in [4.69, 9.17) is 14.2 Å². The number of nitrogens with one attached hydrogen (secondary N) is 1. The molecule has 0 fully saturated rings. The molecule has 2 aliphatic rings. The third-order valence-corrected chi connectivity index (χ3v) is 5.33. The highest BCUT2D eigenvalue weighted by Gasteiger charge is 2.29. The van der Waals surface area contributed by atoms with Crippen LogP contribution in [0.5, 0.6) is 17.4 Å². The number of aryl methyl sites for hydroxylation is 1. The predicted octanol–water partition coefficient (Wildman–Crippen LogP) is 4.49. The van der Waals surface area contributed by atoms with Crippen LogP contribution in [-0.2, 0) is 6.42 Å². The molecule has 0 saturated heterocycles. The molecule has 7 nitrogen and oxygen atoms in total. The topological polar surface area (TPSA) is 78.4 Å². The normalized spacial score (nSPS) is 16.4. The predicted molar refractivity (Wildman–Crippen MR) is 107 cm³/mol. The lowest BCUT2D eigenvalue weighted by molar-refractivity contribution is 0.173. The van der Waals surface area contributed by atoms with Crippen LogP contribution in [0.1, 0.15) is 31.0 Å². The molecule has 1 N–H and O–H groups in total. The van der Waals surface area contributed by atoms with Crippen LogP contribution >= 0.6 is 15.9 Å². The number of ether oxygens (including phenoxy) is 3. The van der Waals surface area contributed by atoms with Gasteiger partial charge in [0.15, 0.2) is 29.2 Å². The van der Waals surface area contributed by atoms with E-state index in [1.54, 1.807) is 0 Å². The van der Waals surface area contributed by atoms with E-state index in [-0.39, 0.29) is 6.79 Å². The minimum absolute atomic E-state index is 0.216. The first-order valence-electron chi connectivity index (χ1n) is 9.08. The molecular weight excluding hydrogens is 424 g/mol. The molecule has 28 heavy (non-hydrogen) atoms. The first kappa shape index (κ1) is 17.2. The largest absolute Gasteiger partial charge is 0.454 e. The lowest BCUT2D eigenvalue weighted by atomic mass is 10.1. The molecule has 0 radical (unpaired) electrons. The third kappa shape index (κ3) is 2.93. The molecule has 0 amide bonds. The van der Waals surface area contributed by atoms with Gasteiger partial charge in [-0.25, -0.2) is 0 Å². The molecule has 1 aromatic heterocycles. The van der Waals surface area contributed by atoms with Crippen molar-refractivity contribution in [1.29, 1.82) is 0 Å². The molecule has 0 saturated carbocycles. The summed E-state index contributed by atoms with van der Waals surface area (Å²) in [6, 6.07) is 11.7. The van der Waals surface area contributed by atoms with Crippen LogP contribution in [0.15, 0.2) is 40.9 Å². The van der Waals surface area contributed by atoms with Crippen LogP contribution in [0.4, 0.5) is 5.69 Å². The number of aromatic nitrogens is 3. The molecule has 0 bridgehead atoms. The van der Waals surface area contributed by atoms with Crippen LogP contribution in [0.25, 0.3) is 11.3 Å². The smallest absolute Gasteiger partial charge is 0.246 e. The van der Waals surface area contributed by atoms with Gasteiger partial charge >= 0.3 is 0 Å². The van der Waals surface area contributed by atoms with Gasteiger partial charge < -0.3 is 19.5 Å². The molecule has 142 valence electrons. The Hall–Kier alpha value is -2.87. The summed E-state index contributed by atoms with van der Waals surface area (Å²) in [6.45, 7) is 2.30. The number of anilines is 1. The number of fused-ring (bicyclic) bond motifs is 4. The van der Waals surface area contributed by atoms with Crippen molar-refractivity contribution in [3.63, 3.8) is 0 Å². The number of benzene rings is 2. The van der Waals surface area contributed by atoms with Gasteiger partial charge in [0.1, 0.15) is 0 Å². The first-order chi connectivity index (χ1) is 13.7. The van der Waals surface area contributed by atoms with Crippen LogP contribution in [0.2, 0.25) is 0 Å². The van der Waals surface area contributed by atoms with Crippen LogP contribution in [-0.4, -0.2) is 22.0 Å². The van der Waals surface area contributed by atoms with Crippen molar-refractivity contribution in [2.45, 2.75) is 26.0 Å². The second kappa shape index (κ2) is 6.94. The number of para-hydroxylation sites is 1. The van der Waals surface area contributed by atoms with Gasteiger partial charge in [0.05, 0.1) is 0 Å². The van der Waals surface area contributed by atoms with Crippen molar-refractivity contribution in [2.75, 3.05) is 12.1 Å². The number of nitrogens with zero attached hydrogens (tertiary/aromatic N) is 3. The average molecular weight is 441 g/mol. The standard InChI is InChI=1S/C20H17BrN4O3/c1-2-5-17-23-20-18(25-24-17)11-6-3-4-7-14(11)22-19(28-20)12-8-15-16(9-13(12)21)27-10-26-15/h3-4,6-9,19,22H,2,5,10H2,1H3. The number of halogens is 1. The summed E-state index contributed by atoms with van der Waals surface area (Å²) in [5.41, 5.74) is 3.31. The van der Waals surface area contributed by atoms with E-state index in [1.807, 2.05) is 36.4 Å².